The number of likely N-dealkylation sites (tertiary alicyclic amines) is 1. The van der Waals surface area contributed by atoms with Gasteiger partial charge in [-0.05, 0) is 19.3 Å². The lowest BCUT2D eigenvalue weighted by Gasteiger charge is -2.24. The summed E-state index contributed by atoms with van der Waals surface area (Å²) in [5.41, 5.74) is 0. The summed E-state index contributed by atoms with van der Waals surface area (Å²) in [7, 11) is 0. The largest absolute Gasteiger partial charge is 0.375 e. The predicted octanol–water partition coefficient (Wildman–Crippen LogP) is -0.282. The van der Waals surface area contributed by atoms with Gasteiger partial charge < -0.3 is 15.4 Å². The van der Waals surface area contributed by atoms with Crippen molar-refractivity contribution in [2.24, 2.45) is 0 Å². The van der Waals surface area contributed by atoms with Crippen molar-refractivity contribution in [2.45, 2.75) is 43.9 Å². The molecule has 2 heterocycles. The molecule has 1 aliphatic carbocycles. The molecule has 0 radical (unpaired) electrons. The van der Waals surface area contributed by atoms with Crippen LogP contribution >= 0.6 is 0 Å². The lowest BCUT2D eigenvalue weighted by molar-refractivity contribution is -0.125. The number of nitrogens with one attached hydrogen (secondary N) is 2. The van der Waals surface area contributed by atoms with Crippen LogP contribution in [0.25, 0.3) is 0 Å². The summed E-state index contributed by atoms with van der Waals surface area (Å²) in [6.45, 7) is 4.61. The molecule has 5 heteroatoms. The van der Waals surface area contributed by atoms with E-state index in [9.17, 15) is 4.79 Å². The number of nitrogens with zero attached hydrogens (tertiary/aromatic N) is 1. The van der Waals surface area contributed by atoms with Crippen LogP contribution in [0, 0.1) is 0 Å². The molecule has 3 fully saturated rings. The molecular weight excluding hydrogens is 230 g/mol. The number of hydrogen-bond acceptors (Lipinski definition) is 4. The van der Waals surface area contributed by atoms with E-state index in [1.807, 2.05) is 0 Å². The zero-order chi connectivity index (χ0) is 12.4. The van der Waals surface area contributed by atoms with Crippen molar-refractivity contribution >= 4 is 5.91 Å². The van der Waals surface area contributed by atoms with Gasteiger partial charge in [0, 0.05) is 38.3 Å². The van der Waals surface area contributed by atoms with E-state index in [4.69, 9.17) is 4.74 Å². The molecule has 2 atom stereocenters. The smallest absolute Gasteiger partial charge is 0.222 e. The van der Waals surface area contributed by atoms with E-state index >= 15 is 0 Å². The van der Waals surface area contributed by atoms with Gasteiger partial charge >= 0.3 is 0 Å². The SMILES string of the molecule is O=C(CC1CNCCO1)NC1CCN(C2CC2)C1. The number of rotatable bonds is 4. The molecule has 3 aliphatic rings. The van der Waals surface area contributed by atoms with Crippen LogP contribution in [0.2, 0.25) is 0 Å². The molecule has 1 amide bonds. The van der Waals surface area contributed by atoms with E-state index < -0.39 is 0 Å². The Morgan fingerprint density at radius 2 is 2.28 bits per heavy atom. The standard InChI is InChI=1S/C13H23N3O2/c17-13(7-12-8-14-4-6-18-12)15-10-3-5-16(9-10)11-1-2-11/h10-12,14H,1-9H2,(H,15,17). The van der Waals surface area contributed by atoms with Crippen LogP contribution in [0.3, 0.4) is 0 Å². The number of hydrogen-bond donors (Lipinski definition) is 2. The molecule has 3 rings (SSSR count). The minimum Gasteiger partial charge on any atom is -0.375 e. The molecule has 102 valence electrons. The van der Waals surface area contributed by atoms with Gasteiger partial charge in [0.15, 0.2) is 0 Å². The van der Waals surface area contributed by atoms with Gasteiger partial charge in [-0.25, -0.2) is 0 Å². The average Bonchev–Trinajstić information content (AvgIpc) is 3.12. The number of morpholine rings is 1. The Morgan fingerprint density at radius 3 is 3.00 bits per heavy atom. The first-order chi connectivity index (χ1) is 8.81. The topological polar surface area (TPSA) is 53.6 Å². The molecule has 0 aromatic carbocycles. The fourth-order valence-electron chi connectivity index (χ4n) is 2.92. The number of carbonyl (C=O) groups is 1. The highest BCUT2D eigenvalue weighted by molar-refractivity contribution is 5.76. The molecule has 2 unspecified atom stereocenters. The summed E-state index contributed by atoms with van der Waals surface area (Å²) in [5, 5.41) is 6.40. The van der Waals surface area contributed by atoms with Gasteiger partial charge in [0.25, 0.3) is 0 Å². The van der Waals surface area contributed by atoms with Gasteiger partial charge in [0.2, 0.25) is 5.91 Å². The summed E-state index contributed by atoms with van der Waals surface area (Å²) in [6.07, 6.45) is 4.35. The summed E-state index contributed by atoms with van der Waals surface area (Å²) in [6, 6.07) is 1.17. The Labute approximate surface area is 108 Å². The molecule has 2 N–H and O–H groups in total. The van der Waals surface area contributed by atoms with E-state index in [0.29, 0.717) is 12.5 Å². The summed E-state index contributed by atoms with van der Waals surface area (Å²) in [5.74, 6) is 0.145. The van der Waals surface area contributed by atoms with Crippen molar-refractivity contribution in [1.29, 1.82) is 0 Å². The maximum atomic E-state index is 11.9. The second kappa shape index (κ2) is 5.55. The summed E-state index contributed by atoms with van der Waals surface area (Å²) < 4.78 is 5.55. The molecule has 2 saturated heterocycles. The molecule has 0 spiro atoms. The fraction of sp³-hybridized carbons (Fsp3) is 0.923. The Kier molecular flexibility index (Phi) is 3.82. The van der Waals surface area contributed by atoms with E-state index in [0.717, 1.165) is 45.2 Å². The quantitative estimate of drug-likeness (QED) is 0.723. The third-order valence-electron chi connectivity index (χ3n) is 4.07. The summed E-state index contributed by atoms with van der Waals surface area (Å²) in [4.78, 5) is 14.4. The lowest BCUT2D eigenvalue weighted by Crippen LogP contribution is -2.44. The van der Waals surface area contributed by atoms with Gasteiger partial charge in [-0.2, -0.15) is 0 Å². The maximum Gasteiger partial charge on any atom is 0.222 e. The van der Waals surface area contributed by atoms with Gasteiger partial charge in [-0.15, -0.1) is 0 Å². The van der Waals surface area contributed by atoms with Crippen LogP contribution in [-0.2, 0) is 9.53 Å². The Hall–Kier alpha value is -0.650. The third-order valence-corrected chi connectivity index (χ3v) is 4.07. The minimum absolute atomic E-state index is 0.0553. The van der Waals surface area contributed by atoms with E-state index in [1.54, 1.807) is 0 Å². The highest BCUT2D eigenvalue weighted by Gasteiger charge is 2.34. The molecule has 18 heavy (non-hydrogen) atoms. The molecule has 0 aromatic rings. The zero-order valence-corrected chi connectivity index (χ0v) is 10.9. The Morgan fingerprint density at radius 1 is 1.39 bits per heavy atom. The first-order valence-corrected chi connectivity index (χ1v) is 7.17. The van der Waals surface area contributed by atoms with Crippen molar-refractivity contribution in [1.82, 2.24) is 15.5 Å². The highest BCUT2D eigenvalue weighted by Crippen LogP contribution is 2.29. The van der Waals surface area contributed by atoms with Crippen molar-refractivity contribution in [3.05, 3.63) is 0 Å². The average molecular weight is 253 g/mol. The Bertz CT molecular complexity index is 301. The van der Waals surface area contributed by atoms with Gasteiger partial charge in [-0.1, -0.05) is 0 Å². The zero-order valence-electron chi connectivity index (χ0n) is 10.9. The first-order valence-electron chi connectivity index (χ1n) is 7.17. The van der Waals surface area contributed by atoms with Gasteiger partial charge in [0.05, 0.1) is 19.1 Å². The van der Waals surface area contributed by atoms with E-state index in [2.05, 4.69) is 15.5 Å². The third kappa shape index (κ3) is 3.22. The van der Waals surface area contributed by atoms with E-state index in [-0.39, 0.29) is 12.0 Å². The van der Waals surface area contributed by atoms with Crippen molar-refractivity contribution in [3.63, 3.8) is 0 Å². The second-order valence-electron chi connectivity index (χ2n) is 5.68. The van der Waals surface area contributed by atoms with Crippen molar-refractivity contribution in [2.75, 3.05) is 32.8 Å². The van der Waals surface area contributed by atoms with Crippen LogP contribution in [0.15, 0.2) is 0 Å². The second-order valence-corrected chi connectivity index (χ2v) is 5.68. The molecule has 5 nitrogen and oxygen atoms in total. The normalized spacial score (nSPS) is 33.6. The van der Waals surface area contributed by atoms with E-state index in [1.165, 1.54) is 12.8 Å². The highest BCUT2D eigenvalue weighted by atomic mass is 16.5. The molecule has 2 aliphatic heterocycles. The van der Waals surface area contributed by atoms with Crippen LogP contribution in [-0.4, -0.2) is 61.8 Å². The van der Waals surface area contributed by atoms with Crippen LogP contribution < -0.4 is 10.6 Å². The molecular formula is C13H23N3O2. The lowest BCUT2D eigenvalue weighted by atomic mass is 10.2. The molecule has 1 saturated carbocycles. The fourth-order valence-corrected chi connectivity index (χ4v) is 2.92. The summed E-state index contributed by atoms with van der Waals surface area (Å²) >= 11 is 0. The maximum absolute atomic E-state index is 11.9. The first kappa shape index (κ1) is 12.4. The monoisotopic (exact) mass is 253 g/mol. The van der Waals surface area contributed by atoms with Crippen molar-refractivity contribution < 1.29 is 9.53 Å². The van der Waals surface area contributed by atoms with Crippen LogP contribution in [0.4, 0.5) is 0 Å². The minimum atomic E-state index is 0.0553. The molecule has 0 bridgehead atoms. The Balaban J connectivity index is 1.38. The van der Waals surface area contributed by atoms with Gasteiger partial charge in [-0.3, -0.25) is 9.69 Å². The van der Waals surface area contributed by atoms with Gasteiger partial charge in [0.1, 0.15) is 0 Å². The van der Waals surface area contributed by atoms with Crippen LogP contribution in [0.1, 0.15) is 25.7 Å². The number of ether oxygens (including phenoxy) is 1. The number of carbonyl (C=O) groups excluding carboxylic acids is 1. The molecule has 0 aromatic heterocycles. The van der Waals surface area contributed by atoms with Crippen LogP contribution in [0.5, 0.6) is 0 Å². The predicted molar refractivity (Wildman–Crippen MR) is 68.4 cm³/mol. The van der Waals surface area contributed by atoms with Crippen molar-refractivity contribution in [3.8, 4) is 0 Å². The number of amides is 1.